The van der Waals surface area contributed by atoms with E-state index in [0.29, 0.717) is 34.4 Å². The molecule has 1 aliphatic carbocycles. The molecule has 6 nitrogen and oxygen atoms in total. The molecule has 3 aromatic rings. The predicted molar refractivity (Wildman–Crippen MR) is 114 cm³/mol. The number of benzene rings is 1. The molecule has 164 valence electrons. The highest BCUT2D eigenvalue weighted by atomic mass is 35.5. The number of rotatable bonds is 7. The van der Waals surface area contributed by atoms with E-state index in [9.17, 15) is 13.6 Å². The summed E-state index contributed by atoms with van der Waals surface area (Å²) >= 11 is 6.24. The summed E-state index contributed by atoms with van der Waals surface area (Å²) in [5, 5.41) is 3.22. The van der Waals surface area contributed by atoms with Crippen molar-refractivity contribution in [1.29, 1.82) is 0 Å². The molecule has 31 heavy (non-hydrogen) atoms. The lowest BCUT2D eigenvalue weighted by Crippen LogP contribution is -2.55. The largest absolute Gasteiger partial charge is 0.489 e. The van der Waals surface area contributed by atoms with E-state index >= 15 is 0 Å². The van der Waals surface area contributed by atoms with E-state index in [1.165, 1.54) is 18.2 Å². The number of ether oxygens (including phenoxy) is 1. The maximum absolute atomic E-state index is 13.8. The number of aryl methyl sites for hydroxylation is 1. The van der Waals surface area contributed by atoms with Gasteiger partial charge >= 0.3 is 0 Å². The van der Waals surface area contributed by atoms with Gasteiger partial charge in [-0.3, -0.25) is 9.20 Å². The minimum absolute atomic E-state index is 0.0109. The Balaban J connectivity index is 1.54. The Morgan fingerprint density at radius 2 is 2.06 bits per heavy atom. The lowest BCUT2D eigenvalue weighted by Gasteiger charge is -2.38. The predicted octanol–water partition coefficient (Wildman–Crippen LogP) is 3.81. The van der Waals surface area contributed by atoms with Gasteiger partial charge in [0.15, 0.2) is 11.4 Å². The molecule has 1 aliphatic rings. The number of halogens is 3. The standard InChI is InChI=1S/C22H23ClF2N4O2/c1-13-19(21(30)27-12-22(26)7-3-8-22)29-11-14(23)10-18(20(29)28-13)31-9-6-15-16(24)4-2-5-17(15)25/h2,4-5,10-11H,3,6-9,12,26H2,1H3,(H,27,30). The average molecular weight is 449 g/mol. The third-order valence-corrected chi connectivity index (χ3v) is 5.87. The van der Waals surface area contributed by atoms with Crippen molar-refractivity contribution in [2.45, 2.75) is 38.1 Å². The van der Waals surface area contributed by atoms with Gasteiger partial charge < -0.3 is 15.8 Å². The zero-order valence-electron chi connectivity index (χ0n) is 17.1. The third-order valence-electron chi connectivity index (χ3n) is 5.66. The molecule has 4 rings (SSSR count). The van der Waals surface area contributed by atoms with Crippen LogP contribution >= 0.6 is 11.6 Å². The summed E-state index contributed by atoms with van der Waals surface area (Å²) < 4.78 is 35.0. The third kappa shape index (κ3) is 4.36. The van der Waals surface area contributed by atoms with Gasteiger partial charge in [-0.2, -0.15) is 0 Å². The first kappa shape index (κ1) is 21.5. The van der Waals surface area contributed by atoms with Gasteiger partial charge in [0.05, 0.1) is 17.3 Å². The maximum Gasteiger partial charge on any atom is 0.270 e. The number of hydrogen-bond donors (Lipinski definition) is 2. The van der Waals surface area contributed by atoms with E-state index in [-0.39, 0.29) is 30.0 Å². The van der Waals surface area contributed by atoms with E-state index in [1.807, 2.05) is 0 Å². The number of amides is 1. The number of pyridine rings is 1. The number of carbonyl (C=O) groups is 1. The quantitative estimate of drug-likeness (QED) is 0.576. The van der Waals surface area contributed by atoms with Crippen molar-refractivity contribution in [3.8, 4) is 5.75 Å². The van der Waals surface area contributed by atoms with Gasteiger partial charge in [0.2, 0.25) is 0 Å². The van der Waals surface area contributed by atoms with E-state index in [1.54, 1.807) is 23.6 Å². The van der Waals surface area contributed by atoms with Crippen LogP contribution in [0.2, 0.25) is 5.02 Å². The van der Waals surface area contributed by atoms with Gasteiger partial charge in [0.25, 0.3) is 5.91 Å². The van der Waals surface area contributed by atoms with Crippen LogP contribution < -0.4 is 15.8 Å². The van der Waals surface area contributed by atoms with Crippen LogP contribution in [0.5, 0.6) is 5.75 Å². The molecule has 0 radical (unpaired) electrons. The number of aromatic nitrogens is 2. The Bertz CT molecular complexity index is 1120. The minimum Gasteiger partial charge on any atom is -0.489 e. The van der Waals surface area contributed by atoms with Crippen LogP contribution in [0.25, 0.3) is 5.65 Å². The molecule has 3 N–H and O–H groups in total. The smallest absolute Gasteiger partial charge is 0.270 e. The van der Waals surface area contributed by atoms with Crippen LogP contribution in [-0.2, 0) is 6.42 Å². The molecule has 1 saturated carbocycles. The van der Waals surface area contributed by atoms with E-state index in [0.717, 1.165) is 19.3 Å². The number of nitrogens with zero attached hydrogens (tertiary/aromatic N) is 2. The van der Waals surface area contributed by atoms with Crippen LogP contribution in [0.3, 0.4) is 0 Å². The molecule has 0 aliphatic heterocycles. The summed E-state index contributed by atoms with van der Waals surface area (Å²) in [7, 11) is 0. The Kier molecular flexibility index (Phi) is 5.85. The second-order valence-corrected chi connectivity index (χ2v) is 8.40. The summed E-state index contributed by atoms with van der Waals surface area (Å²) in [6.45, 7) is 2.11. The number of carbonyl (C=O) groups excluding carboxylic acids is 1. The zero-order chi connectivity index (χ0) is 22.2. The normalized spacial score (nSPS) is 15.0. The van der Waals surface area contributed by atoms with E-state index in [2.05, 4.69) is 10.3 Å². The zero-order valence-corrected chi connectivity index (χ0v) is 17.8. The van der Waals surface area contributed by atoms with Gasteiger partial charge in [-0.25, -0.2) is 13.8 Å². The average Bonchev–Trinajstić information content (AvgIpc) is 3.02. The number of imidazole rings is 1. The molecular weight excluding hydrogens is 426 g/mol. The summed E-state index contributed by atoms with van der Waals surface area (Å²) in [6, 6.07) is 5.28. The van der Waals surface area contributed by atoms with Gasteiger partial charge in [0, 0.05) is 36.3 Å². The first-order valence-corrected chi connectivity index (χ1v) is 10.5. The fourth-order valence-corrected chi connectivity index (χ4v) is 3.95. The molecule has 0 saturated heterocycles. The number of hydrogen-bond acceptors (Lipinski definition) is 4. The number of fused-ring (bicyclic) bond motifs is 1. The molecule has 1 fully saturated rings. The van der Waals surface area contributed by atoms with Crippen LogP contribution in [0.4, 0.5) is 8.78 Å². The molecule has 0 spiro atoms. The summed E-state index contributed by atoms with van der Waals surface area (Å²) in [4.78, 5) is 17.3. The van der Waals surface area contributed by atoms with Crippen LogP contribution in [0, 0.1) is 18.6 Å². The fraction of sp³-hybridized carbons (Fsp3) is 0.364. The van der Waals surface area contributed by atoms with Gasteiger partial charge in [-0.1, -0.05) is 17.7 Å². The van der Waals surface area contributed by atoms with Crippen molar-refractivity contribution in [2.24, 2.45) is 5.73 Å². The number of nitrogens with two attached hydrogens (primary N) is 1. The summed E-state index contributed by atoms with van der Waals surface area (Å²) in [5.74, 6) is -1.23. The van der Waals surface area contributed by atoms with E-state index < -0.39 is 11.6 Å². The first-order chi connectivity index (χ1) is 14.8. The van der Waals surface area contributed by atoms with Gasteiger partial charge in [0.1, 0.15) is 17.3 Å². The lowest BCUT2D eigenvalue weighted by molar-refractivity contribution is 0.0923. The number of nitrogens with one attached hydrogen (secondary N) is 1. The highest BCUT2D eigenvalue weighted by Gasteiger charge is 2.33. The molecule has 0 bridgehead atoms. The molecule has 2 heterocycles. The van der Waals surface area contributed by atoms with E-state index in [4.69, 9.17) is 22.1 Å². The Labute approximate surface area is 183 Å². The van der Waals surface area contributed by atoms with Gasteiger partial charge in [-0.15, -0.1) is 0 Å². The Morgan fingerprint density at radius 1 is 1.35 bits per heavy atom. The Morgan fingerprint density at radius 3 is 2.71 bits per heavy atom. The highest BCUT2D eigenvalue weighted by Crippen LogP contribution is 2.29. The van der Waals surface area contributed by atoms with Crippen LogP contribution in [-0.4, -0.2) is 34.0 Å². The summed E-state index contributed by atoms with van der Waals surface area (Å²) in [5.41, 5.74) is 7.04. The van der Waals surface area contributed by atoms with Crippen molar-refractivity contribution in [3.63, 3.8) is 0 Å². The highest BCUT2D eigenvalue weighted by molar-refractivity contribution is 6.30. The molecule has 1 amide bonds. The molecule has 1 aromatic carbocycles. The van der Waals surface area contributed by atoms with Crippen molar-refractivity contribution in [3.05, 3.63) is 64.1 Å². The summed E-state index contributed by atoms with van der Waals surface area (Å²) in [6.07, 6.45) is 4.44. The molecule has 9 heteroatoms. The topological polar surface area (TPSA) is 81.7 Å². The maximum atomic E-state index is 13.8. The Hall–Kier alpha value is -2.71. The van der Waals surface area contributed by atoms with Crippen LogP contribution in [0.15, 0.2) is 30.5 Å². The first-order valence-electron chi connectivity index (χ1n) is 10.1. The lowest BCUT2D eigenvalue weighted by atomic mass is 9.78. The van der Waals surface area contributed by atoms with Crippen LogP contribution in [0.1, 0.15) is 41.0 Å². The van der Waals surface area contributed by atoms with Crippen molar-refractivity contribution in [2.75, 3.05) is 13.2 Å². The van der Waals surface area contributed by atoms with Crippen molar-refractivity contribution in [1.82, 2.24) is 14.7 Å². The second-order valence-electron chi connectivity index (χ2n) is 7.96. The van der Waals surface area contributed by atoms with Crippen molar-refractivity contribution >= 4 is 23.2 Å². The monoisotopic (exact) mass is 448 g/mol. The fourth-order valence-electron chi connectivity index (χ4n) is 3.76. The molecular formula is C22H23ClF2N4O2. The van der Waals surface area contributed by atoms with Gasteiger partial charge in [-0.05, 0) is 38.3 Å². The molecule has 0 atom stereocenters. The molecule has 0 unspecified atom stereocenters. The SMILES string of the molecule is Cc1nc2c(OCCc3c(F)cccc3F)cc(Cl)cn2c1C(=O)NCC1(N)CCC1. The molecule has 2 aromatic heterocycles. The minimum atomic E-state index is -0.625. The second kappa shape index (κ2) is 8.43. The van der Waals surface area contributed by atoms with Crippen molar-refractivity contribution < 1.29 is 18.3 Å².